The van der Waals surface area contributed by atoms with Gasteiger partial charge in [0.25, 0.3) is 0 Å². The van der Waals surface area contributed by atoms with Crippen molar-refractivity contribution in [1.29, 1.82) is 0 Å². The molecule has 2 aromatic rings. The summed E-state index contributed by atoms with van der Waals surface area (Å²) >= 11 is 3.40. The largest absolute Gasteiger partial charge is 0.493 e. The number of nitrogens with zero attached hydrogens (tertiary/aromatic N) is 1. The molecular weight excluding hydrogens is 402 g/mol. The molecule has 6 nitrogen and oxygen atoms in total. The summed E-state index contributed by atoms with van der Waals surface area (Å²) in [6.45, 7) is 0. The fourth-order valence-corrected chi connectivity index (χ4v) is 2.67. The molecule has 2 rings (SSSR count). The normalized spacial score (nSPS) is 11.1. The minimum Gasteiger partial charge on any atom is -0.493 e. The van der Waals surface area contributed by atoms with Gasteiger partial charge in [-0.15, -0.1) is 0 Å². The third kappa shape index (κ3) is 4.64. The van der Waals surface area contributed by atoms with Crippen LogP contribution in [0.1, 0.15) is 16.7 Å². The summed E-state index contributed by atoms with van der Waals surface area (Å²) in [6, 6.07) is 9.42. The summed E-state index contributed by atoms with van der Waals surface area (Å²) in [7, 11) is 4.51. The van der Waals surface area contributed by atoms with Crippen molar-refractivity contribution in [2.45, 2.75) is 0 Å². The molecule has 2 aromatic carbocycles. The van der Waals surface area contributed by atoms with Crippen LogP contribution in [0.15, 0.2) is 41.0 Å². The van der Waals surface area contributed by atoms with Gasteiger partial charge in [0.15, 0.2) is 11.5 Å². The third-order valence-electron chi connectivity index (χ3n) is 3.59. The Morgan fingerprint density at radius 2 is 1.62 bits per heavy atom. The lowest BCUT2D eigenvalue weighted by Crippen LogP contribution is -1.99. The minimum absolute atomic E-state index is 0.420. The van der Waals surface area contributed by atoms with Crippen LogP contribution >= 0.6 is 15.9 Å². The maximum atomic E-state index is 10.7. The Morgan fingerprint density at radius 1 is 0.962 bits per heavy atom. The monoisotopic (exact) mass is 419 g/mol. The number of rotatable bonds is 7. The van der Waals surface area contributed by atoms with E-state index in [1.54, 1.807) is 6.07 Å². The first-order valence-corrected chi connectivity index (χ1v) is 8.37. The van der Waals surface area contributed by atoms with Gasteiger partial charge in [-0.3, -0.25) is 10.1 Å². The molecule has 0 spiro atoms. The van der Waals surface area contributed by atoms with E-state index in [0.29, 0.717) is 28.4 Å². The highest BCUT2D eigenvalue weighted by atomic mass is 79.9. The van der Waals surface area contributed by atoms with E-state index in [2.05, 4.69) is 15.9 Å². The molecule has 0 aliphatic heterocycles. The molecule has 0 aliphatic rings. The van der Waals surface area contributed by atoms with Crippen molar-refractivity contribution in [3.8, 4) is 17.2 Å². The second-order valence-corrected chi connectivity index (χ2v) is 6.05. The summed E-state index contributed by atoms with van der Waals surface area (Å²) in [5.74, 6) is 1.28. The van der Waals surface area contributed by atoms with E-state index in [-0.39, 0.29) is 0 Å². The summed E-state index contributed by atoms with van der Waals surface area (Å²) in [5.41, 5.74) is 2.19. The van der Waals surface area contributed by atoms with Gasteiger partial charge in [-0.25, -0.2) is 0 Å². The fraction of sp³-hybridized carbons (Fsp3) is 0.158. The standard InChI is InChI=1S/C19H18BrNO5/c1-24-17-12-14(10-11-21(22)23)16(18(25-2)19(17)26-3)9-6-13-4-7-15(20)8-5-13/h4-12H,1-3H3/b9-6+,11-10+. The Labute approximate surface area is 160 Å². The number of ether oxygens (including phenoxy) is 3. The van der Waals surface area contributed by atoms with Gasteiger partial charge in [0, 0.05) is 16.1 Å². The highest BCUT2D eigenvalue weighted by molar-refractivity contribution is 9.10. The second-order valence-electron chi connectivity index (χ2n) is 5.13. The van der Waals surface area contributed by atoms with E-state index in [0.717, 1.165) is 16.2 Å². The summed E-state index contributed by atoms with van der Waals surface area (Å²) in [6.07, 6.45) is 5.98. The lowest BCUT2D eigenvalue weighted by atomic mass is 10.0. The van der Waals surface area contributed by atoms with Crippen molar-refractivity contribution in [3.63, 3.8) is 0 Å². The maximum Gasteiger partial charge on any atom is 0.235 e. The second kappa shape index (κ2) is 9.05. The van der Waals surface area contributed by atoms with Crippen LogP contribution in [-0.2, 0) is 0 Å². The van der Waals surface area contributed by atoms with Crippen LogP contribution in [0.25, 0.3) is 18.2 Å². The zero-order valence-corrected chi connectivity index (χ0v) is 16.1. The van der Waals surface area contributed by atoms with E-state index in [4.69, 9.17) is 14.2 Å². The van der Waals surface area contributed by atoms with Gasteiger partial charge >= 0.3 is 0 Å². The van der Waals surface area contributed by atoms with Crippen LogP contribution < -0.4 is 14.2 Å². The SMILES string of the molecule is COc1cc(/C=C/[N+](=O)[O-])c(/C=C/c2ccc(Br)cc2)c(OC)c1OC. The van der Waals surface area contributed by atoms with Crippen molar-refractivity contribution < 1.29 is 19.1 Å². The molecule has 7 heteroatoms. The lowest BCUT2D eigenvalue weighted by molar-refractivity contribution is -0.400. The molecule has 0 saturated carbocycles. The van der Waals surface area contributed by atoms with Crippen LogP contribution in [0.3, 0.4) is 0 Å². The van der Waals surface area contributed by atoms with Crippen molar-refractivity contribution in [2.24, 2.45) is 0 Å². The molecule has 26 heavy (non-hydrogen) atoms. The lowest BCUT2D eigenvalue weighted by Gasteiger charge is -2.16. The zero-order chi connectivity index (χ0) is 19.1. The molecule has 0 bridgehead atoms. The van der Waals surface area contributed by atoms with Crippen LogP contribution in [0.2, 0.25) is 0 Å². The molecule has 0 atom stereocenters. The first-order valence-electron chi connectivity index (χ1n) is 7.58. The van der Waals surface area contributed by atoms with Crippen LogP contribution in [0, 0.1) is 10.1 Å². The van der Waals surface area contributed by atoms with Crippen LogP contribution in [0.4, 0.5) is 0 Å². The molecule has 0 aromatic heterocycles. The Morgan fingerprint density at radius 3 is 2.15 bits per heavy atom. The summed E-state index contributed by atoms with van der Waals surface area (Å²) < 4.78 is 17.2. The predicted molar refractivity (Wildman–Crippen MR) is 105 cm³/mol. The molecule has 136 valence electrons. The van der Waals surface area contributed by atoms with Gasteiger partial charge in [-0.2, -0.15) is 0 Å². The van der Waals surface area contributed by atoms with Crippen LogP contribution in [0.5, 0.6) is 17.2 Å². The van der Waals surface area contributed by atoms with Crippen LogP contribution in [-0.4, -0.2) is 26.3 Å². The highest BCUT2D eigenvalue weighted by Gasteiger charge is 2.18. The van der Waals surface area contributed by atoms with E-state index in [9.17, 15) is 10.1 Å². The smallest absolute Gasteiger partial charge is 0.235 e. The Kier molecular flexibility index (Phi) is 6.80. The molecule has 0 saturated heterocycles. The first-order chi connectivity index (χ1) is 12.5. The van der Waals surface area contributed by atoms with E-state index < -0.39 is 4.92 Å². The van der Waals surface area contributed by atoms with Crippen molar-refractivity contribution >= 4 is 34.2 Å². The number of hydrogen-bond acceptors (Lipinski definition) is 5. The first kappa shape index (κ1) is 19.5. The number of benzene rings is 2. The highest BCUT2D eigenvalue weighted by Crippen LogP contribution is 2.43. The number of hydrogen-bond donors (Lipinski definition) is 0. The summed E-state index contributed by atoms with van der Waals surface area (Å²) in [4.78, 5) is 10.2. The fourth-order valence-electron chi connectivity index (χ4n) is 2.40. The molecule has 0 N–H and O–H groups in total. The molecule has 0 heterocycles. The third-order valence-corrected chi connectivity index (χ3v) is 4.12. The quantitative estimate of drug-likeness (QED) is 0.362. The molecule has 0 fully saturated rings. The predicted octanol–water partition coefficient (Wildman–Crippen LogP) is 4.89. The molecule has 0 unspecified atom stereocenters. The average Bonchev–Trinajstić information content (AvgIpc) is 2.64. The van der Waals surface area contributed by atoms with Gasteiger partial charge in [0.1, 0.15) is 0 Å². The Balaban J connectivity index is 2.62. The number of halogens is 1. The van der Waals surface area contributed by atoms with Crippen molar-refractivity contribution in [1.82, 2.24) is 0 Å². The van der Waals surface area contributed by atoms with Gasteiger partial charge in [0.05, 0.1) is 26.3 Å². The van der Waals surface area contributed by atoms with Gasteiger partial charge in [-0.1, -0.05) is 34.1 Å². The minimum atomic E-state index is -0.522. The van der Waals surface area contributed by atoms with Crippen molar-refractivity contribution in [3.05, 3.63) is 67.8 Å². The number of methoxy groups -OCH3 is 3. The average molecular weight is 420 g/mol. The van der Waals surface area contributed by atoms with Gasteiger partial charge in [-0.05, 0) is 35.4 Å². The Hall–Kier alpha value is -2.80. The molecule has 0 aliphatic carbocycles. The van der Waals surface area contributed by atoms with E-state index in [1.807, 2.05) is 36.4 Å². The zero-order valence-electron chi connectivity index (χ0n) is 14.6. The molecule has 0 radical (unpaired) electrons. The summed E-state index contributed by atoms with van der Waals surface area (Å²) in [5, 5.41) is 10.7. The molecule has 0 amide bonds. The van der Waals surface area contributed by atoms with E-state index >= 15 is 0 Å². The van der Waals surface area contributed by atoms with Crippen molar-refractivity contribution in [2.75, 3.05) is 21.3 Å². The topological polar surface area (TPSA) is 70.8 Å². The Bertz CT molecular complexity index is 844. The van der Waals surface area contributed by atoms with E-state index in [1.165, 1.54) is 27.4 Å². The molecular formula is C19H18BrNO5. The van der Waals surface area contributed by atoms with Gasteiger partial charge < -0.3 is 14.2 Å². The maximum absolute atomic E-state index is 10.7. The number of nitro groups is 1. The van der Waals surface area contributed by atoms with Gasteiger partial charge in [0.2, 0.25) is 11.9 Å².